The predicted molar refractivity (Wildman–Crippen MR) is 93.4 cm³/mol. The van der Waals surface area contributed by atoms with Crippen molar-refractivity contribution in [3.8, 4) is 11.5 Å². The highest BCUT2D eigenvalue weighted by Gasteiger charge is 2.15. The van der Waals surface area contributed by atoms with E-state index < -0.39 is 11.7 Å². The van der Waals surface area contributed by atoms with E-state index in [9.17, 15) is 9.59 Å². The largest absolute Gasteiger partial charge is 0.493 e. The third-order valence-corrected chi connectivity index (χ3v) is 3.09. The van der Waals surface area contributed by atoms with Crippen molar-refractivity contribution in [2.75, 3.05) is 26.8 Å². The third kappa shape index (κ3) is 8.05. The van der Waals surface area contributed by atoms with Gasteiger partial charge in [0.15, 0.2) is 18.1 Å². The standard InChI is InChI=1S/C16H23BrN2O5/c1-16(2,3)24-15(21)19-8-7-18-14(20)10-23-12-6-5-11(17)9-13(12)22-4/h5-6,9H,7-8,10H2,1-4H3,(H,18,20)(H,19,21). The number of rotatable bonds is 7. The quantitative estimate of drug-likeness (QED) is 0.684. The molecule has 0 saturated carbocycles. The van der Waals surface area contributed by atoms with E-state index in [2.05, 4.69) is 26.6 Å². The van der Waals surface area contributed by atoms with Gasteiger partial charge in [0.05, 0.1) is 7.11 Å². The number of alkyl carbamates (subject to hydrolysis) is 1. The Bertz CT molecular complexity index is 572. The van der Waals surface area contributed by atoms with Crippen LogP contribution in [0.1, 0.15) is 20.8 Å². The van der Waals surface area contributed by atoms with Crippen molar-refractivity contribution < 1.29 is 23.8 Å². The maximum absolute atomic E-state index is 11.7. The van der Waals surface area contributed by atoms with Gasteiger partial charge in [-0.3, -0.25) is 4.79 Å². The van der Waals surface area contributed by atoms with Crippen LogP contribution in [0.3, 0.4) is 0 Å². The van der Waals surface area contributed by atoms with Gasteiger partial charge in [0.25, 0.3) is 5.91 Å². The van der Waals surface area contributed by atoms with Crippen molar-refractivity contribution >= 4 is 27.9 Å². The van der Waals surface area contributed by atoms with Crippen LogP contribution in [0.4, 0.5) is 4.79 Å². The zero-order valence-corrected chi connectivity index (χ0v) is 15.9. The lowest BCUT2D eigenvalue weighted by Gasteiger charge is -2.19. The molecular weight excluding hydrogens is 380 g/mol. The molecule has 0 unspecified atom stereocenters. The summed E-state index contributed by atoms with van der Waals surface area (Å²) in [6.45, 7) is 5.73. The average molecular weight is 403 g/mol. The molecule has 134 valence electrons. The summed E-state index contributed by atoms with van der Waals surface area (Å²) < 4.78 is 16.5. The predicted octanol–water partition coefficient (Wildman–Crippen LogP) is 2.48. The van der Waals surface area contributed by atoms with Gasteiger partial charge >= 0.3 is 6.09 Å². The lowest BCUT2D eigenvalue weighted by Crippen LogP contribution is -2.39. The molecule has 0 heterocycles. The molecular formula is C16H23BrN2O5. The Labute approximate surface area is 150 Å². The molecule has 1 rings (SSSR count). The van der Waals surface area contributed by atoms with Gasteiger partial charge in [-0.15, -0.1) is 0 Å². The van der Waals surface area contributed by atoms with E-state index in [1.807, 2.05) is 0 Å². The van der Waals surface area contributed by atoms with Crippen molar-refractivity contribution in [1.82, 2.24) is 10.6 Å². The minimum Gasteiger partial charge on any atom is -0.493 e. The fourth-order valence-electron chi connectivity index (χ4n) is 1.64. The summed E-state index contributed by atoms with van der Waals surface area (Å²) in [7, 11) is 1.52. The number of carbonyl (C=O) groups excluding carboxylic acids is 2. The summed E-state index contributed by atoms with van der Waals surface area (Å²) in [6, 6.07) is 5.25. The maximum Gasteiger partial charge on any atom is 0.407 e. The van der Waals surface area contributed by atoms with Gasteiger partial charge in [-0.25, -0.2) is 4.79 Å². The third-order valence-electron chi connectivity index (χ3n) is 2.60. The highest BCUT2D eigenvalue weighted by Crippen LogP contribution is 2.29. The number of benzene rings is 1. The smallest absolute Gasteiger partial charge is 0.407 e. The Balaban J connectivity index is 2.27. The van der Waals surface area contributed by atoms with Crippen LogP contribution in [-0.4, -0.2) is 44.4 Å². The summed E-state index contributed by atoms with van der Waals surface area (Å²) in [5.74, 6) is 0.706. The van der Waals surface area contributed by atoms with Crippen LogP contribution < -0.4 is 20.1 Å². The Morgan fingerprint density at radius 2 is 1.79 bits per heavy atom. The average Bonchev–Trinajstić information content (AvgIpc) is 2.48. The Kier molecular flexibility index (Phi) is 7.84. The maximum atomic E-state index is 11.7. The molecule has 8 heteroatoms. The van der Waals surface area contributed by atoms with Crippen LogP contribution >= 0.6 is 15.9 Å². The Morgan fingerprint density at radius 1 is 1.12 bits per heavy atom. The Morgan fingerprint density at radius 3 is 2.42 bits per heavy atom. The first-order valence-electron chi connectivity index (χ1n) is 7.41. The number of halogens is 1. The summed E-state index contributed by atoms with van der Waals surface area (Å²) in [4.78, 5) is 23.1. The molecule has 24 heavy (non-hydrogen) atoms. The van der Waals surface area contributed by atoms with Gasteiger partial charge in [-0.2, -0.15) is 0 Å². The molecule has 2 N–H and O–H groups in total. The van der Waals surface area contributed by atoms with Crippen LogP contribution in [0.25, 0.3) is 0 Å². The van der Waals surface area contributed by atoms with Crippen LogP contribution in [0.5, 0.6) is 11.5 Å². The van der Waals surface area contributed by atoms with Gasteiger partial charge in [-0.05, 0) is 39.0 Å². The van der Waals surface area contributed by atoms with Crippen LogP contribution in [-0.2, 0) is 9.53 Å². The fraction of sp³-hybridized carbons (Fsp3) is 0.500. The molecule has 1 aromatic carbocycles. The van der Waals surface area contributed by atoms with E-state index in [4.69, 9.17) is 14.2 Å². The van der Waals surface area contributed by atoms with E-state index >= 15 is 0 Å². The number of carbonyl (C=O) groups is 2. The minimum atomic E-state index is -0.551. The molecule has 2 amide bonds. The Hall–Kier alpha value is -1.96. The molecule has 0 aliphatic heterocycles. The second kappa shape index (κ2) is 9.36. The number of hydrogen-bond donors (Lipinski definition) is 2. The van der Waals surface area contributed by atoms with Crippen LogP contribution in [0, 0.1) is 0 Å². The van der Waals surface area contributed by atoms with E-state index in [1.54, 1.807) is 39.0 Å². The van der Waals surface area contributed by atoms with Gasteiger partial charge in [-0.1, -0.05) is 15.9 Å². The zero-order chi connectivity index (χ0) is 18.2. The van der Waals surface area contributed by atoms with Crippen molar-refractivity contribution in [3.05, 3.63) is 22.7 Å². The molecule has 0 fully saturated rings. The number of amides is 2. The first-order valence-corrected chi connectivity index (χ1v) is 8.20. The normalized spacial score (nSPS) is 10.7. The fourth-order valence-corrected chi connectivity index (χ4v) is 1.98. The summed E-state index contributed by atoms with van der Waals surface area (Å²) in [6.07, 6.45) is -0.521. The van der Waals surface area contributed by atoms with Crippen molar-refractivity contribution in [2.24, 2.45) is 0 Å². The molecule has 0 atom stereocenters. The molecule has 0 bridgehead atoms. The summed E-state index contributed by atoms with van der Waals surface area (Å²) in [5.41, 5.74) is -0.551. The molecule has 0 aromatic heterocycles. The lowest BCUT2D eigenvalue weighted by atomic mass is 10.2. The van der Waals surface area contributed by atoms with Gasteiger partial charge in [0.1, 0.15) is 5.60 Å². The highest BCUT2D eigenvalue weighted by molar-refractivity contribution is 9.10. The van der Waals surface area contributed by atoms with Gasteiger partial charge in [0.2, 0.25) is 0 Å². The second-order valence-corrected chi connectivity index (χ2v) is 6.78. The number of ether oxygens (including phenoxy) is 3. The molecule has 1 aromatic rings. The monoisotopic (exact) mass is 402 g/mol. The van der Waals surface area contributed by atoms with E-state index in [0.717, 1.165) is 4.47 Å². The molecule has 7 nitrogen and oxygen atoms in total. The topological polar surface area (TPSA) is 85.9 Å². The molecule has 0 spiro atoms. The van der Waals surface area contributed by atoms with E-state index in [0.29, 0.717) is 11.5 Å². The van der Waals surface area contributed by atoms with E-state index in [-0.39, 0.29) is 25.6 Å². The minimum absolute atomic E-state index is 0.148. The molecule has 0 aliphatic rings. The van der Waals surface area contributed by atoms with Crippen molar-refractivity contribution in [1.29, 1.82) is 0 Å². The highest BCUT2D eigenvalue weighted by atomic mass is 79.9. The van der Waals surface area contributed by atoms with Crippen molar-refractivity contribution in [2.45, 2.75) is 26.4 Å². The van der Waals surface area contributed by atoms with Gasteiger partial charge < -0.3 is 24.8 Å². The molecule has 0 saturated heterocycles. The summed E-state index contributed by atoms with van der Waals surface area (Å²) >= 11 is 3.33. The number of methoxy groups -OCH3 is 1. The summed E-state index contributed by atoms with van der Waals surface area (Å²) in [5, 5.41) is 5.19. The number of hydrogen-bond acceptors (Lipinski definition) is 5. The number of nitrogens with one attached hydrogen (secondary N) is 2. The van der Waals surface area contributed by atoms with E-state index in [1.165, 1.54) is 7.11 Å². The first kappa shape index (κ1) is 20.1. The van der Waals surface area contributed by atoms with Crippen molar-refractivity contribution in [3.63, 3.8) is 0 Å². The molecule has 0 aliphatic carbocycles. The van der Waals surface area contributed by atoms with Crippen LogP contribution in [0.2, 0.25) is 0 Å². The van der Waals surface area contributed by atoms with Crippen LogP contribution in [0.15, 0.2) is 22.7 Å². The molecule has 0 radical (unpaired) electrons. The first-order chi connectivity index (χ1) is 11.2. The lowest BCUT2D eigenvalue weighted by molar-refractivity contribution is -0.123. The zero-order valence-electron chi connectivity index (χ0n) is 14.3. The SMILES string of the molecule is COc1cc(Br)ccc1OCC(=O)NCCNC(=O)OC(C)(C)C. The van der Waals surface area contributed by atoms with Gasteiger partial charge in [0, 0.05) is 17.6 Å². The second-order valence-electron chi connectivity index (χ2n) is 5.86.